The predicted molar refractivity (Wildman–Crippen MR) is 83.7 cm³/mol. The lowest BCUT2D eigenvalue weighted by Crippen LogP contribution is -2.55. The summed E-state index contributed by atoms with van der Waals surface area (Å²) in [5.41, 5.74) is 0.148. The van der Waals surface area contributed by atoms with Gasteiger partial charge in [-0.1, -0.05) is 33.3 Å². The summed E-state index contributed by atoms with van der Waals surface area (Å²) in [6, 6.07) is 0.836. The van der Waals surface area contributed by atoms with Crippen molar-refractivity contribution < 1.29 is 18.4 Å². The molecule has 0 fully saturated rings. The molecule has 0 aromatic carbocycles. The molecule has 20 heavy (non-hydrogen) atoms. The fourth-order valence-electron chi connectivity index (χ4n) is 2.23. The number of carbonyl (C=O) groups excluding carboxylic acids is 1. The van der Waals surface area contributed by atoms with E-state index in [0.29, 0.717) is 18.8 Å². The molecule has 0 saturated heterocycles. The molecule has 0 radical (unpaired) electrons. The first kappa shape index (κ1) is 19.3. The highest BCUT2D eigenvalue weighted by molar-refractivity contribution is 6.69. The smallest absolute Gasteiger partial charge is 0.380 e. The van der Waals surface area contributed by atoms with Gasteiger partial charge in [0, 0.05) is 18.8 Å². The summed E-state index contributed by atoms with van der Waals surface area (Å²) < 4.78 is 17.7. The van der Waals surface area contributed by atoms with Gasteiger partial charge in [0.05, 0.1) is 0 Å². The Balaban J connectivity index is 5.25. The van der Waals surface area contributed by atoms with Crippen LogP contribution < -0.4 is 0 Å². The van der Waals surface area contributed by atoms with Gasteiger partial charge >= 0.3 is 14.5 Å². The standard InChI is InChI=1S/C15H30O4Si/c1-7-11-14(19-15(16)13(5)6)20(12-8-2,17-9-3)18-10-4/h14H,5,7-12H2,1-4,6H3. The summed E-state index contributed by atoms with van der Waals surface area (Å²) in [7, 11) is -2.54. The second-order valence-corrected chi connectivity index (χ2v) is 8.24. The highest BCUT2D eigenvalue weighted by Gasteiger charge is 2.47. The number of esters is 1. The van der Waals surface area contributed by atoms with E-state index in [1.165, 1.54) is 0 Å². The van der Waals surface area contributed by atoms with E-state index in [-0.39, 0.29) is 11.7 Å². The van der Waals surface area contributed by atoms with Crippen LogP contribution >= 0.6 is 0 Å². The first-order chi connectivity index (χ1) is 9.47. The van der Waals surface area contributed by atoms with Crippen molar-refractivity contribution in [1.82, 2.24) is 0 Å². The quantitative estimate of drug-likeness (QED) is 0.331. The Bertz CT molecular complexity index is 287. The van der Waals surface area contributed by atoms with Crippen molar-refractivity contribution in [2.75, 3.05) is 13.2 Å². The Labute approximate surface area is 124 Å². The summed E-state index contributed by atoms with van der Waals surface area (Å²) in [5, 5.41) is 0. The van der Waals surface area contributed by atoms with Crippen LogP contribution in [0.5, 0.6) is 0 Å². The lowest BCUT2D eigenvalue weighted by Gasteiger charge is -2.36. The minimum Gasteiger partial charge on any atom is -0.457 e. The van der Waals surface area contributed by atoms with E-state index < -0.39 is 8.56 Å². The minimum absolute atomic E-state index is 0.267. The third-order valence-electron chi connectivity index (χ3n) is 3.01. The van der Waals surface area contributed by atoms with Gasteiger partial charge in [0.1, 0.15) is 5.73 Å². The van der Waals surface area contributed by atoms with E-state index >= 15 is 0 Å². The van der Waals surface area contributed by atoms with Gasteiger partial charge in [-0.05, 0) is 33.2 Å². The van der Waals surface area contributed by atoms with Gasteiger partial charge in [-0.25, -0.2) is 4.79 Å². The van der Waals surface area contributed by atoms with E-state index in [4.69, 9.17) is 13.6 Å². The van der Waals surface area contributed by atoms with Crippen molar-refractivity contribution in [2.24, 2.45) is 0 Å². The molecule has 0 aliphatic carbocycles. The van der Waals surface area contributed by atoms with Crippen LogP contribution in [-0.4, -0.2) is 33.5 Å². The molecule has 4 nitrogen and oxygen atoms in total. The molecule has 0 saturated carbocycles. The fraction of sp³-hybridized carbons (Fsp3) is 0.800. The van der Waals surface area contributed by atoms with Crippen LogP contribution in [0.4, 0.5) is 0 Å². The SMILES string of the molecule is C=C(C)C(=O)OC(CCC)[Si](CCC)(OCC)OCC. The van der Waals surface area contributed by atoms with Gasteiger partial charge in [-0.2, -0.15) is 0 Å². The number of ether oxygens (including phenoxy) is 1. The summed E-state index contributed by atoms with van der Waals surface area (Å²) in [4.78, 5) is 11.9. The molecule has 0 rings (SSSR count). The Hall–Kier alpha value is -0.653. The van der Waals surface area contributed by atoms with Crippen LogP contribution in [0, 0.1) is 0 Å². The maximum absolute atomic E-state index is 11.9. The van der Waals surface area contributed by atoms with Crippen molar-refractivity contribution in [3.8, 4) is 0 Å². The van der Waals surface area contributed by atoms with Crippen LogP contribution in [-0.2, 0) is 18.4 Å². The highest BCUT2D eigenvalue weighted by Crippen LogP contribution is 2.26. The first-order valence-corrected chi connectivity index (χ1v) is 9.71. The van der Waals surface area contributed by atoms with Crippen molar-refractivity contribution in [1.29, 1.82) is 0 Å². The third kappa shape index (κ3) is 5.77. The molecule has 0 aromatic heterocycles. The zero-order chi connectivity index (χ0) is 15.6. The van der Waals surface area contributed by atoms with Crippen LogP contribution in [0.2, 0.25) is 6.04 Å². The molecular weight excluding hydrogens is 272 g/mol. The van der Waals surface area contributed by atoms with E-state index in [1.54, 1.807) is 6.92 Å². The largest absolute Gasteiger partial charge is 0.457 e. The molecule has 0 amide bonds. The third-order valence-corrected chi connectivity index (χ3v) is 7.15. The lowest BCUT2D eigenvalue weighted by atomic mass is 10.3. The molecule has 1 unspecified atom stereocenters. The topological polar surface area (TPSA) is 44.8 Å². The molecule has 118 valence electrons. The molecule has 5 heteroatoms. The molecular formula is C15H30O4Si. The highest BCUT2D eigenvalue weighted by atomic mass is 28.4. The summed E-state index contributed by atoms with van der Waals surface area (Å²) in [5.74, 6) is -0.351. The van der Waals surface area contributed by atoms with E-state index in [0.717, 1.165) is 25.3 Å². The molecule has 0 spiro atoms. The second-order valence-electron chi connectivity index (χ2n) is 4.89. The van der Waals surface area contributed by atoms with Crippen LogP contribution in [0.15, 0.2) is 12.2 Å². The average molecular weight is 302 g/mol. The molecule has 0 aliphatic rings. The van der Waals surface area contributed by atoms with Crippen molar-refractivity contribution in [3.63, 3.8) is 0 Å². The Morgan fingerprint density at radius 1 is 1.10 bits per heavy atom. The summed E-state index contributed by atoms with van der Waals surface area (Å²) >= 11 is 0. The van der Waals surface area contributed by atoms with Crippen molar-refractivity contribution >= 4 is 14.5 Å². The summed E-state index contributed by atoms with van der Waals surface area (Å²) in [6.45, 7) is 14.6. The van der Waals surface area contributed by atoms with Crippen molar-refractivity contribution in [3.05, 3.63) is 12.2 Å². The lowest BCUT2D eigenvalue weighted by molar-refractivity contribution is -0.143. The molecule has 0 aliphatic heterocycles. The van der Waals surface area contributed by atoms with E-state index in [2.05, 4.69) is 20.4 Å². The van der Waals surface area contributed by atoms with Gasteiger partial charge in [0.15, 0.2) is 0 Å². The number of carbonyl (C=O) groups is 1. The molecule has 0 heterocycles. The monoisotopic (exact) mass is 302 g/mol. The minimum atomic E-state index is -2.54. The Morgan fingerprint density at radius 3 is 2.00 bits per heavy atom. The number of rotatable bonds is 11. The second kappa shape index (κ2) is 10.1. The van der Waals surface area contributed by atoms with E-state index in [9.17, 15) is 4.79 Å². The normalized spacial score (nSPS) is 13.1. The van der Waals surface area contributed by atoms with Crippen LogP contribution in [0.25, 0.3) is 0 Å². The maximum atomic E-state index is 11.9. The van der Waals surface area contributed by atoms with Gasteiger partial charge < -0.3 is 13.6 Å². The van der Waals surface area contributed by atoms with Gasteiger partial charge in [0.2, 0.25) is 0 Å². The Morgan fingerprint density at radius 2 is 1.65 bits per heavy atom. The summed E-state index contributed by atoms with van der Waals surface area (Å²) in [6.07, 6.45) is 2.65. The average Bonchev–Trinajstić information content (AvgIpc) is 2.38. The molecule has 1 atom stereocenters. The van der Waals surface area contributed by atoms with Crippen molar-refractivity contribution in [2.45, 2.75) is 65.7 Å². The first-order valence-electron chi connectivity index (χ1n) is 7.61. The number of hydrogen-bond acceptors (Lipinski definition) is 4. The van der Waals surface area contributed by atoms with Crippen LogP contribution in [0.3, 0.4) is 0 Å². The molecule has 0 bridgehead atoms. The predicted octanol–water partition coefficient (Wildman–Crippen LogP) is 3.74. The van der Waals surface area contributed by atoms with E-state index in [1.807, 2.05) is 13.8 Å². The number of hydrogen-bond donors (Lipinski definition) is 0. The Kier molecular flexibility index (Phi) is 9.80. The van der Waals surface area contributed by atoms with Gasteiger partial charge in [0.25, 0.3) is 0 Å². The fourth-order valence-corrected chi connectivity index (χ4v) is 5.99. The van der Waals surface area contributed by atoms with Gasteiger partial charge in [-0.3, -0.25) is 0 Å². The maximum Gasteiger partial charge on any atom is 0.380 e. The zero-order valence-corrected chi connectivity index (χ0v) is 14.7. The molecule has 0 N–H and O–H groups in total. The van der Waals surface area contributed by atoms with Gasteiger partial charge in [-0.15, -0.1) is 0 Å². The van der Waals surface area contributed by atoms with Crippen LogP contribution in [0.1, 0.15) is 53.9 Å². The molecule has 0 aromatic rings. The zero-order valence-electron chi connectivity index (χ0n) is 13.7.